The molecule has 0 aromatic rings. The summed E-state index contributed by atoms with van der Waals surface area (Å²) in [4.78, 5) is 1.89. The van der Waals surface area contributed by atoms with E-state index < -0.39 is 5.92 Å². The number of alkyl halides is 2. The molecule has 0 N–H and O–H groups in total. The van der Waals surface area contributed by atoms with Gasteiger partial charge in [-0.2, -0.15) is 5.26 Å². The molecule has 2 fully saturated rings. The molecule has 0 aromatic carbocycles. The molecule has 0 unspecified atom stereocenters. The summed E-state index contributed by atoms with van der Waals surface area (Å²) in [5, 5.41) is 8.73. The summed E-state index contributed by atoms with van der Waals surface area (Å²) in [5.74, 6) is -2.45. The standard InChI is InChI=1S/C12H18F2N2/c1-11(6-7-15)4-2-10(3-5-11)16-8-12(13,14)9-16/h10H,2-6,8-9H2,1H3/t10-,11-. The van der Waals surface area contributed by atoms with Crippen molar-refractivity contribution >= 4 is 0 Å². The van der Waals surface area contributed by atoms with Crippen LogP contribution in [0.5, 0.6) is 0 Å². The number of nitriles is 1. The van der Waals surface area contributed by atoms with E-state index in [4.69, 9.17) is 5.26 Å². The molecule has 16 heavy (non-hydrogen) atoms. The second-order valence-corrected chi connectivity index (χ2v) is 5.64. The first kappa shape index (κ1) is 11.8. The summed E-state index contributed by atoms with van der Waals surface area (Å²) in [7, 11) is 0. The fourth-order valence-corrected chi connectivity index (χ4v) is 2.84. The van der Waals surface area contributed by atoms with Gasteiger partial charge in [0.1, 0.15) is 0 Å². The average Bonchev–Trinajstić information content (AvgIpc) is 2.15. The monoisotopic (exact) mass is 228 g/mol. The lowest BCUT2D eigenvalue weighted by Crippen LogP contribution is -2.60. The van der Waals surface area contributed by atoms with Crippen LogP contribution in [0.15, 0.2) is 0 Å². The highest BCUT2D eigenvalue weighted by Crippen LogP contribution is 2.42. The van der Waals surface area contributed by atoms with Gasteiger partial charge in [0, 0.05) is 12.5 Å². The maximum absolute atomic E-state index is 12.7. The van der Waals surface area contributed by atoms with Gasteiger partial charge in [-0.1, -0.05) is 6.92 Å². The Balaban J connectivity index is 1.81. The molecule has 1 aliphatic heterocycles. The minimum absolute atomic E-state index is 0.0629. The highest BCUT2D eigenvalue weighted by molar-refractivity contribution is 4.96. The predicted octanol–water partition coefficient (Wildman–Crippen LogP) is 2.80. The number of rotatable bonds is 2. The average molecular weight is 228 g/mol. The van der Waals surface area contributed by atoms with Gasteiger partial charge in [-0.05, 0) is 31.1 Å². The molecule has 0 aromatic heterocycles. The van der Waals surface area contributed by atoms with Gasteiger partial charge in [0.05, 0.1) is 19.2 Å². The van der Waals surface area contributed by atoms with E-state index in [0.717, 1.165) is 25.7 Å². The van der Waals surface area contributed by atoms with Gasteiger partial charge < -0.3 is 0 Å². The molecule has 1 saturated heterocycles. The summed E-state index contributed by atoms with van der Waals surface area (Å²) >= 11 is 0. The van der Waals surface area contributed by atoms with Crippen LogP contribution in [0.25, 0.3) is 0 Å². The second-order valence-electron chi connectivity index (χ2n) is 5.64. The molecule has 0 spiro atoms. The zero-order valence-corrected chi connectivity index (χ0v) is 9.68. The lowest BCUT2D eigenvalue weighted by molar-refractivity contribution is -0.152. The van der Waals surface area contributed by atoms with Crippen molar-refractivity contribution in [2.24, 2.45) is 5.41 Å². The van der Waals surface area contributed by atoms with Crippen LogP contribution in [-0.2, 0) is 0 Å². The topological polar surface area (TPSA) is 27.0 Å². The van der Waals surface area contributed by atoms with E-state index in [0.29, 0.717) is 12.5 Å². The van der Waals surface area contributed by atoms with Crippen molar-refractivity contribution in [2.75, 3.05) is 13.1 Å². The Bertz CT molecular complexity index is 293. The van der Waals surface area contributed by atoms with Crippen molar-refractivity contribution in [2.45, 2.75) is 51.0 Å². The second kappa shape index (κ2) is 3.96. The van der Waals surface area contributed by atoms with Gasteiger partial charge in [-0.15, -0.1) is 0 Å². The first-order chi connectivity index (χ1) is 7.44. The number of nitrogens with zero attached hydrogens (tertiary/aromatic N) is 2. The van der Waals surface area contributed by atoms with E-state index in [-0.39, 0.29) is 18.5 Å². The minimum atomic E-state index is -2.45. The number of halogens is 2. The summed E-state index contributed by atoms with van der Waals surface area (Å²) in [6.45, 7) is 2.01. The molecule has 90 valence electrons. The summed E-state index contributed by atoms with van der Waals surface area (Å²) in [5.41, 5.74) is 0.124. The van der Waals surface area contributed by atoms with Gasteiger partial charge in [0.2, 0.25) is 0 Å². The van der Waals surface area contributed by atoms with Gasteiger partial charge in [-0.3, -0.25) is 4.90 Å². The SMILES string of the molecule is C[C@]1(CC#N)CC[C@H](N2CC(F)(F)C2)CC1. The van der Waals surface area contributed by atoms with Crippen molar-refractivity contribution in [1.29, 1.82) is 5.26 Å². The van der Waals surface area contributed by atoms with E-state index in [1.807, 2.05) is 4.90 Å². The van der Waals surface area contributed by atoms with Gasteiger partial charge in [0.15, 0.2) is 0 Å². The molecule has 1 saturated carbocycles. The van der Waals surface area contributed by atoms with Crippen LogP contribution in [0.4, 0.5) is 8.78 Å². The third kappa shape index (κ3) is 2.35. The zero-order chi connectivity index (χ0) is 11.8. The van der Waals surface area contributed by atoms with Crippen molar-refractivity contribution in [3.63, 3.8) is 0 Å². The van der Waals surface area contributed by atoms with Crippen LogP contribution in [0, 0.1) is 16.7 Å². The minimum Gasteiger partial charge on any atom is -0.288 e. The Morgan fingerprint density at radius 1 is 1.31 bits per heavy atom. The van der Waals surface area contributed by atoms with Crippen LogP contribution >= 0.6 is 0 Å². The largest absolute Gasteiger partial charge is 0.288 e. The molecule has 1 heterocycles. The Morgan fingerprint density at radius 3 is 2.31 bits per heavy atom. The third-order valence-corrected chi connectivity index (χ3v) is 4.05. The highest BCUT2D eigenvalue weighted by atomic mass is 19.3. The molecule has 0 radical (unpaired) electrons. The summed E-state index contributed by atoms with van der Waals surface area (Å²) < 4.78 is 25.5. The van der Waals surface area contributed by atoms with E-state index in [1.54, 1.807) is 0 Å². The third-order valence-electron chi connectivity index (χ3n) is 4.05. The smallest absolute Gasteiger partial charge is 0.272 e. The molecule has 2 aliphatic rings. The normalized spacial score (nSPS) is 38.8. The molecular weight excluding hydrogens is 210 g/mol. The van der Waals surface area contributed by atoms with Gasteiger partial charge in [0.25, 0.3) is 5.92 Å². The van der Waals surface area contributed by atoms with Crippen LogP contribution in [0.2, 0.25) is 0 Å². The number of likely N-dealkylation sites (tertiary alicyclic amines) is 1. The molecule has 0 bridgehead atoms. The van der Waals surface area contributed by atoms with E-state index in [2.05, 4.69) is 13.0 Å². The Kier molecular flexibility index (Phi) is 2.91. The van der Waals surface area contributed by atoms with Crippen LogP contribution in [-0.4, -0.2) is 30.0 Å². The molecular formula is C12H18F2N2. The number of hydrogen-bond donors (Lipinski definition) is 0. The molecule has 4 heteroatoms. The van der Waals surface area contributed by atoms with Gasteiger partial charge >= 0.3 is 0 Å². The molecule has 1 aliphatic carbocycles. The molecule has 0 amide bonds. The molecule has 0 atom stereocenters. The van der Waals surface area contributed by atoms with Crippen LogP contribution in [0.1, 0.15) is 39.0 Å². The zero-order valence-electron chi connectivity index (χ0n) is 9.68. The summed E-state index contributed by atoms with van der Waals surface area (Å²) in [6, 6.07) is 2.55. The molecule has 2 rings (SSSR count). The Morgan fingerprint density at radius 2 is 1.88 bits per heavy atom. The van der Waals surface area contributed by atoms with E-state index >= 15 is 0 Å². The van der Waals surface area contributed by atoms with E-state index in [9.17, 15) is 8.78 Å². The lowest BCUT2D eigenvalue weighted by Gasteiger charge is -2.47. The van der Waals surface area contributed by atoms with Crippen molar-refractivity contribution < 1.29 is 8.78 Å². The first-order valence-corrected chi connectivity index (χ1v) is 5.93. The summed E-state index contributed by atoms with van der Waals surface area (Å²) in [6.07, 6.45) is 4.51. The Labute approximate surface area is 95.2 Å². The fraction of sp³-hybridized carbons (Fsp3) is 0.917. The quantitative estimate of drug-likeness (QED) is 0.726. The predicted molar refractivity (Wildman–Crippen MR) is 57.1 cm³/mol. The fourth-order valence-electron chi connectivity index (χ4n) is 2.84. The van der Waals surface area contributed by atoms with Crippen molar-refractivity contribution in [3.8, 4) is 6.07 Å². The highest BCUT2D eigenvalue weighted by Gasteiger charge is 2.47. The number of hydrogen-bond acceptors (Lipinski definition) is 2. The van der Waals surface area contributed by atoms with Crippen molar-refractivity contribution in [3.05, 3.63) is 0 Å². The Hall–Kier alpha value is -0.690. The lowest BCUT2D eigenvalue weighted by atomic mass is 9.71. The maximum Gasteiger partial charge on any atom is 0.272 e. The maximum atomic E-state index is 12.7. The van der Waals surface area contributed by atoms with E-state index in [1.165, 1.54) is 0 Å². The van der Waals surface area contributed by atoms with Gasteiger partial charge in [-0.25, -0.2) is 8.78 Å². The first-order valence-electron chi connectivity index (χ1n) is 5.93. The van der Waals surface area contributed by atoms with Crippen LogP contribution < -0.4 is 0 Å². The van der Waals surface area contributed by atoms with Crippen LogP contribution in [0.3, 0.4) is 0 Å². The molecule has 2 nitrogen and oxygen atoms in total. The van der Waals surface area contributed by atoms with Crippen molar-refractivity contribution in [1.82, 2.24) is 4.90 Å².